The Morgan fingerprint density at radius 1 is 1.04 bits per heavy atom. The van der Waals surface area contributed by atoms with E-state index in [1.165, 1.54) is 11.1 Å². The molecule has 0 N–H and O–H groups in total. The Morgan fingerprint density at radius 2 is 1.91 bits per heavy atom. The molecule has 23 heavy (non-hydrogen) atoms. The number of hydrogen-bond donors (Lipinski definition) is 0. The summed E-state index contributed by atoms with van der Waals surface area (Å²) in [4.78, 5) is 6.89. The molecule has 0 atom stereocenters. The second-order valence-electron chi connectivity index (χ2n) is 5.96. The summed E-state index contributed by atoms with van der Waals surface area (Å²) >= 11 is 0. The van der Waals surface area contributed by atoms with E-state index in [1.54, 1.807) is 0 Å². The molecule has 0 amide bonds. The third-order valence-electron chi connectivity index (χ3n) is 3.85. The average Bonchev–Trinajstić information content (AvgIpc) is 3.11. The Balaban J connectivity index is 1.50. The van der Waals surface area contributed by atoms with Crippen LogP contribution >= 0.6 is 0 Å². The molecule has 6 nitrogen and oxygen atoms in total. The second kappa shape index (κ2) is 5.48. The minimum Gasteiger partial charge on any atom is -0.307 e. The largest absolute Gasteiger partial charge is 0.307 e. The van der Waals surface area contributed by atoms with Crippen LogP contribution in [0.15, 0.2) is 47.4 Å². The fourth-order valence-corrected chi connectivity index (χ4v) is 2.80. The number of aryl methyl sites for hydroxylation is 1. The summed E-state index contributed by atoms with van der Waals surface area (Å²) in [6.45, 7) is 3.69. The summed E-state index contributed by atoms with van der Waals surface area (Å²) < 4.78 is 6.81. The number of fused-ring (bicyclic) bond motifs is 2. The molecule has 3 aromatic heterocycles. The van der Waals surface area contributed by atoms with E-state index in [0.717, 1.165) is 35.5 Å². The van der Waals surface area contributed by atoms with Gasteiger partial charge in [0.25, 0.3) is 0 Å². The number of nitrogens with zero attached hydrogens (tertiary/aromatic N) is 5. The lowest BCUT2D eigenvalue weighted by Crippen LogP contribution is -2.17. The molecule has 6 heteroatoms. The van der Waals surface area contributed by atoms with Crippen LogP contribution in [0.5, 0.6) is 0 Å². The Hall–Kier alpha value is -2.73. The van der Waals surface area contributed by atoms with Gasteiger partial charge in [-0.3, -0.25) is 4.90 Å². The lowest BCUT2D eigenvalue weighted by atomic mass is 10.2. The SMILES string of the molecule is Cc1ccc2nc(CN(C)Cc3ccc4nonc4c3)cn2c1. The first-order valence-corrected chi connectivity index (χ1v) is 7.51. The van der Waals surface area contributed by atoms with Gasteiger partial charge in [0.15, 0.2) is 0 Å². The summed E-state index contributed by atoms with van der Waals surface area (Å²) in [5.74, 6) is 0. The highest BCUT2D eigenvalue weighted by atomic mass is 16.6. The first kappa shape index (κ1) is 13.9. The lowest BCUT2D eigenvalue weighted by molar-refractivity contribution is 0.314. The van der Waals surface area contributed by atoms with E-state index in [4.69, 9.17) is 4.63 Å². The third kappa shape index (κ3) is 2.80. The molecule has 4 rings (SSSR count). The number of aromatic nitrogens is 4. The van der Waals surface area contributed by atoms with Gasteiger partial charge < -0.3 is 4.40 Å². The van der Waals surface area contributed by atoms with Gasteiger partial charge in [-0.2, -0.15) is 0 Å². The first-order chi connectivity index (χ1) is 11.2. The Labute approximate surface area is 133 Å². The standard InChI is InChI=1S/C17H17N5O/c1-12-3-6-17-18-14(11-22(17)8-12)10-21(2)9-13-4-5-15-16(7-13)20-23-19-15/h3-8,11H,9-10H2,1-2H3. The summed E-state index contributed by atoms with van der Waals surface area (Å²) in [5.41, 5.74) is 6.02. The van der Waals surface area contributed by atoms with Crippen molar-refractivity contribution in [1.29, 1.82) is 0 Å². The molecule has 0 radical (unpaired) electrons. The minimum absolute atomic E-state index is 0.784. The van der Waals surface area contributed by atoms with Crippen LogP contribution in [0.3, 0.4) is 0 Å². The second-order valence-corrected chi connectivity index (χ2v) is 5.96. The van der Waals surface area contributed by atoms with Crippen LogP contribution in [-0.2, 0) is 13.1 Å². The van der Waals surface area contributed by atoms with Gasteiger partial charge in [-0.15, -0.1) is 0 Å². The molecule has 4 aromatic rings. The van der Waals surface area contributed by atoms with Crippen molar-refractivity contribution in [1.82, 2.24) is 24.6 Å². The molecule has 0 bridgehead atoms. The van der Waals surface area contributed by atoms with Crippen molar-refractivity contribution in [3.05, 3.63) is 59.5 Å². The quantitative estimate of drug-likeness (QED) is 0.580. The molecule has 1 aromatic carbocycles. The van der Waals surface area contributed by atoms with E-state index in [2.05, 4.69) is 63.1 Å². The van der Waals surface area contributed by atoms with Crippen LogP contribution in [0.4, 0.5) is 0 Å². The summed E-state index contributed by atoms with van der Waals surface area (Å²) in [6.07, 6.45) is 4.18. The van der Waals surface area contributed by atoms with Gasteiger partial charge in [-0.1, -0.05) is 12.1 Å². The van der Waals surface area contributed by atoms with Crippen LogP contribution in [0.2, 0.25) is 0 Å². The molecule has 0 unspecified atom stereocenters. The summed E-state index contributed by atoms with van der Waals surface area (Å²) in [6, 6.07) is 10.1. The number of rotatable bonds is 4. The van der Waals surface area contributed by atoms with Crippen LogP contribution in [0, 0.1) is 6.92 Å². The predicted molar refractivity (Wildman–Crippen MR) is 86.9 cm³/mol. The smallest absolute Gasteiger partial charge is 0.137 e. The van der Waals surface area contributed by atoms with Crippen molar-refractivity contribution in [2.24, 2.45) is 0 Å². The highest BCUT2D eigenvalue weighted by molar-refractivity contribution is 5.73. The van der Waals surface area contributed by atoms with E-state index >= 15 is 0 Å². The monoisotopic (exact) mass is 307 g/mol. The van der Waals surface area contributed by atoms with Crippen molar-refractivity contribution in [2.45, 2.75) is 20.0 Å². The zero-order chi connectivity index (χ0) is 15.8. The molecular formula is C17H17N5O. The van der Waals surface area contributed by atoms with E-state index in [9.17, 15) is 0 Å². The molecule has 0 aliphatic rings. The van der Waals surface area contributed by atoms with Gasteiger partial charge in [-0.05, 0) is 53.6 Å². The van der Waals surface area contributed by atoms with Crippen molar-refractivity contribution in [2.75, 3.05) is 7.05 Å². The maximum atomic E-state index is 4.74. The van der Waals surface area contributed by atoms with Crippen LogP contribution in [0.25, 0.3) is 16.7 Å². The number of pyridine rings is 1. The zero-order valence-electron chi connectivity index (χ0n) is 13.1. The van der Waals surface area contributed by atoms with E-state index < -0.39 is 0 Å². The van der Waals surface area contributed by atoms with Crippen LogP contribution in [-0.4, -0.2) is 31.6 Å². The van der Waals surface area contributed by atoms with Gasteiger partial charge in [-0.25, -0.2) is 9.61 Å². The van der Waals surface area contributed by atoms with E-state index in [-0.39, 0.29) is 0 Å². The molecule has 0 spiro atoms. The molecule has 0 aliphatic carbocycles. The molecule has 0 saturated heterocycles. The van der Waals surface area contributed by atoms with Crippen molar-refractivity contribution in [3.63, 3.8) is 0 Å². The van der Waals surface area contributed by atoms with E-state index in [0.29, 0.717) is 0 Å². The maximum Gasteiger partial charge on any atom is 0.137 e. The fraction of sp³-hybridized carbons (Fsp3) is 0.235. The fourth-order valence-electron chi connectivity index (χ4n) is 2.80. The molecular weight excluding hydrogens is 290 g/mol. The Morgan fingerprint density at radius 3 is 2.83 bits per heavy atom. The normalized spacial score (nSPS) is 11.8. The lowest BCUT2D eigenvalue weighted by Gasteiger charge is -2.14. The Kier molecular flexibility index (Phi) is 3.31. The first-order valence-electron chi connectivity index (χ1n) is 7.51. The molecule has 0 saturated carbocycles. The molecule has 0 fully saturated rings. The Bertz CT molecular complexity index is 971. The summed E-state index contributed by atoms with van der Waals surface area (Å²) in [5, 5.41) is 7.71. The van der Waals surface area contributed by atoms with Crippen molar-refractivity contribution < 1.29 is 4.63 Å². The van der Waals surface area contributed by atoms with Crippen molar-refractivity contribution in [3.8, 4) is 0 Å². The number of benzene rings is 1. The maximum absolute atomic E-state index is 4.74. The third-order valence-corrected chi connectivity index (χ3v) is 3.85. The van der Waals surface area contributed by atoms with Gasteiger partial charge in [0.1, 0.15) is 16.7 Å². The van der Waals surface area contributed by atoms with Crippen molar-refractivity contribution >= 4 is 16.7 Å². The topological polar surface area (TPSA) is 59.5 Å². The summed E-state index contributed by atoms with van der Waals surface area (Å²) in [7, 11) is 2.08. The molecule has 0 aliphatic heterocycles. The highest BCUT2D eigenvalue weighted by Gasteiger charge is 2.08. The van der Waals surface area contributed by atoms with Crippen LogP contribution < -0.4 is 0 Å². The number of imidazole rings is 1. The van der Waals surface area contributed by atoms with E-state index in [1.807, 2.05) is 18.2 Å². The number of hydrogen-bond acceptors (Lipinski definition) is 5. The minimum atomic E-state index is 0.784. The molecule has 3 heterocycles. The van der Waals surface area contributed by atoms with Gasteiger partial charge in [0, 0.05) is 25.5 Å². The van der Waals surface area contributed by atoms with Gasteiger partial charge in [0.2, 0.25) is 0 Å². The van der Waals surface area contributed by atoms with Gasteiger partial charge >= 0.3 is 0 Å². The average molecular weight is 307 g/mol. The van der Waals surface area contributed by atoms with Crippen LogP contribution in [0.1, 0.15) is 16.8 Å². The predicted octanol–water partition coefficient (Wildman–Crippen LogP) is 2.81. The van der Waals surface area contributed by atoms with Gasteiger partial charge in [0.05, 0.1) is 5.69 Å². The molecule has 116 valence electrons. The highest BCUT2D eigenvalue weighted by Crippen LogP contribution is 2.14. The zero-order valence-corrected chi connectivity index (χ0v) is 13.1.